The summed E-state index contributed by atoms with van der Waals surface area (Å²) in [5.41, 5.74) is 2.99. The van der Waals surface area contributed by atoms with Gasteiger partial charge < -0.3 is 0 Å². The van der Waals surface area contributed by atoms with Gasteiger partial charge in [0.15, 0.2) is 0 Å². The lowest BCUT2D eigenvalue weighted by atomic mass is 9.83. The Bertz CT molecular complexity index is 224. The van der Waals surface area contributed by atoms with Crippen molar-refractivity contribution in [1.82, 2.24) is 0 Å². The first kappa shape index (κ1) is 12.0. The summed E-state index contributed by atoms with van der Waals surface area (Å²) in [4.78, 5) is 0. The molecule has 0 aromatic carbocycles. The predicted octanol–water partition coefficient (Wildman–Crippen LogP) is 4.85. The van der Waals surface area contributed by atoms with Gasteiger partial charge in [-0.2, -0.15) is 0 Å². The third kappa shape index (κ3) is 2.98. The van der Waals surface area contributed by atoms with Gasteiger partial charge in [-0.25, -0.2) is 0 Å². The highest BCUT2D eigenvalue weighted by Crippen LogP contribution is 2.51. The normalized spacial score (nSPS) is 33.4. The van der Waals surface area contributed by atoms with Gasteiger partial charge >= 0.3 is 0 Å². The lowest BCUT2D eigenvalue weighted by molar-refractivity contribution is 0.333. The molecule has 0 aromatic rings. The van der Waals surface area contributed by atoms with Crippen LogP contribution in [0.25, 0.3) is 0 Å². The molecule has 2 unspecified atom stereocenters. The number of rotatable bonds is 3. The van der Waals surface area contributed by atoms with Gasteiger partial charge in [-0.15, -0.1) is 6.58 Å². The maximum Gasteiger partial charge on any atom is 0.0474 e. The summed E-state index contributed by atoms with van der Waals surface area (Å²) in [7, 11) is -0.894. The highest BCUT2D eigenvalue weighted by Gasteiger charge is 2.40. The lowest BCUT2D eigenvalue weighted by Crippen LogP contribution is -2.27. The largest absolute Gasteiger partial charge is 0.100 e. The Labute approximate surface area is 90.8 Å². The highest BCUT2D eigenvalue weighted by atomic mass is 28.3. The van der Waals surface area contributed by atoms with Gasteiger partial charge in [0.05, 0.1) is 0 Å². The Kier molecular flexibility index (Phi) is 3.30. The molecule has 0 bridgehead atoms. The fourth-order valence-electron chi connectivity index (χ4n) is 2.95. The minimum atomic E-state index is -0.894. The first-order valence-electron chi connectivity index (χ1n) is 5.87. The Hall–Kier alpha value is -0.0431. The number of hydrogen-bond acceptors (Lipinski definition) is 0. The van der Waals surface area contributed by atoms with Crippen LogP contribution < -0.4 is 0 Å². The molecule has 0 N–H and O–H groups in total. The molecule has 0 radical (unpaired) electrons. The highest BCUT2D eigenvalue weighted by molar-refractivity contribution is 6.77. The second-order valence-electron chi connectivity index (χ2n) is 6.75. The summed E-state index contributed by atoms with van der Waals surface area (Å²) in [6, 6.07) is 0. The van der Waals surface area contributed by atoms with Crippen molar-refractivity contribution in [3.05, 3.63) is 12.2 Å². The summed E-state index contributed by atoms with van der Waals surface area (Å²) in [5, 5.41) is 0. The van der Waals surface area contributed by atoms with E-state index in [0.29, 0.717) is 5.41 Å². The molecule has 1 heteroatoms. The summed E-state index contributed by atoms with van der Waals surface area (Å²) < 4.78 is 0. The van der Waals surface area contributed by atoms with E-state index in [2.05, 4.69) is 40.1 Å². The van der Waals surface area contributed by atoms with Crippen molar-refractivity contribution < 1.29 is 0 Å². The molecule has 1 rings (SSSR count). The van der Waals surface area contributed by atoms with Crippen LogP contribution in [-0.4, -0.2) is 8.07 Å². The molecule has 0 nitrogen and oxygen atoms in total. The molecule has 0 spiro atoms. The maximum absolute atomic E-state index is 4.06. The zero-order valence-corrected chi connectivity index (χ0v) is 11.6. The average molecular weight is 210 g/mol. The molecule has 2 atom stereocenters. The maximum atomic E-state index is 4.06. The topological polar surface area (TPSA) is 0 Å². The van der Waals surface area contributed by atoms with E-state index >= 15 is 0 Å². The van der Waals surface area contributed by atoms with Crippen molar-refractivity contribution in [1.29, 1.82) is 0 Å². The van der Waals surface area contributed by atoms with Gasteiger partial charge in [-0.3, -0.25) is 0 Å². The van der Waals surface area contributed by atoms with Gasteiger partial charge in [-0.1, -0.05) is 38.6 Å². The third-order valence-electron chi connectivity index (χ3n) is 3.79. The molecule has 0 amide bonds. The molecule has 0 aliphatic heterocycles. The molecule has 1 aliphatic carbocycles. The van der Waals surface area contributed by atoms with E-state index in [-0.39, 0.29) is 0 Å². The van der Waals surface area contributed by atoms with Gasteiger partial charge in [0.25, 0.3) is 0 Å². The van der Waals surface area contributed by atoms with Gasteiger partial charge in [0.1, 0.15) is 0 Å². The van der Waals surface area contributed by atoms with E-state index in [1.165, 1.54) is 31.3 Å². The fraction of sp³-hybridized carbons (Fsp3) is 0.846. The van der Waals surface area contributed by atoms with Crippen LogP contribution in [0, 0.1) is 5.41 Å². The minimum Gasteiger partial charge on any atom is -0.100 e. The van der Waals surface area contributed by atoms with E-state index < -0.39 is 8.07 Å². The lowest BCUT2D eigenvalue weighted by Gasteiger charge is -2.28. The fourth-order valence-corrected chi connectivity index (χ4v) is 5.07. The van der Waals surface area contributed by atoms with Crippen LogP contribution in [0.5, 0.6) is 0 Å². The minimum absolute atomic E-state index is 0.580. The van der Waals surface area contributed by atoms with Crippen molar-refractivity contribution in [3.8, 4) is 0 Å². The van der Waals surface area contributed by atoms with Gasteiger partial charge in [0.2, 0.25) is 0 Å². The molecule has 14 heavy (non-hydrogen) atoms. The van der Waals surface area contributed by atoms with E-state index in [1.807, 2.05) is 0 Å². The summed E-state index contributed by atoms with van der Waals surface area (Å²) >= 11 is 0. The third-order valence-corrected chi connectivity index (χ3v) is 6.73. The molecule has 82 valence electrons. The average Bonchev–Trinajstić information content (AvgIpc) is 2.28. The van der Waals surface area contributed by atoms with E-state index in [0.717, 1.165) is 5.54 Å². The molecular weight excluding hydrogens is 184 g/mol. The molecular formula is C13H26Si. The van der Waals surface area contributed by atoms with Crippen molar-refractivity contribution in [2.45, 2.75) is 64.7 Å². The Morgan fingerprint density at radius 2 is 2.00 bits per heavy atom. The van der Waals surface area contributed by atoms with Crippen molar-refractivity contribution in [2.75, 3.05) is 0 Å². The summed E-state index contributed by atoms with van der Waals surface area (Å²) in [5.74, 6) is 0. The molecule has 1 aliphatic rings. The number of allylic oxidation sites excluding steroid dienone is 1. The van der Waals surface area contributed by atoms with Crippen LogP contribution in [-0.2, 0) is 0 Å². The van der Waals surface area contributed by atoms with Crippen molar-refractivity contribution in [2.24, 2.45) is 5.41 Å². The first-order valence-corrected chi connectivity index (χ1v) is 9.45. The van der Waals surface area contributed by atoms with Crippen LogP contribution in [0.4, 0.5) is 0 Å². The summed E-state index contributed by atoms with van der Waals surface area (Å²) in [6.07, 6.45) is 5.60. The first-order chi connectivity index (χ1) is 6.23. The van der Waals surface area contributed by atoms with E-state index in [9.17, 15) is 0 Å². The second kappa shape index (κ2) is 3.84. The smallest absolute Gasteiger partial charge is 0.0474 e. The quantitative estimate of drug-likeness (QED) is 0.461. The van der Waals surface area contributed by atoms with E-state index in [4.69, 9.17) is 0 Å². The monoisotopic (exact) mass is 210 g/mol. The van der Waals surface area contributed by atoms with E-state index in [1.54, 1.807) is 0 Å². The zero-order valence-electron chi connectivity index (χ0n) is 10.6. The van der Waals surface area contributed by atoms with Crippen molar-refractivity contribution >= 4 is 8.07 Å². The molecule has 0 aromatic heterocycles. The molecule has 1 saturated carbocycles. The Morgan fingerprint density at radius 1 is 1.43 bits per heavy atom. The Balaban J connectivity index is 2.59. The standard InChI is InChI=1S/C13H26Si/c1-11(2)9-13(3)8-7-12(10-13)14(4,5)6/h12H,1,7-10H2,2-6H3. The van der Waals surface area contributed by atoms with Crippen LogP contribution in [0.15, 0.2) is 12.2 Å². The molecule has 0 saturated heterocycles. The Morgan fingerprint density at radius 3 is 2.36 bits per heavy atom. The summed E-state index contributed by atoms with van der Waals surface area (Å²) in [6.45, 7) is 16.3. The van der Waals surface area contributed by atoms with Gasteiger partial charge in [0, 0.05) is 8.07 Å². The van der Waals surface area contributed by atoms with Crippen LogP contribution in [0.2, 0.25) is 25.2 Å². The van der Waals surface area contributed by atoms with Crippen LogP contribution in [0.3, 0.4) is 0 Å². The number of hydrogen-bond donors (Lipinski definition) is 0. The van der Waals surface area contributed by atoms with Crippen LogP contribution >= 0.6 is 0 Å². The van der Waals surface area contributed by atoms with Crippen molar-refractivity contribution in [3.63, 3.8) is 0 Å². The zero-order chi connectivity index (χ0) is 11.0. The predicted molar refractivity (Wildman–Crippen MR) is 68.5 cm³/mol. The molecule has 1 fully saturated rings. The second-order valence-corrected chi connectivity index (χ2v) is 12.3. The van der Waals surface area contributed by atoms with Crippen LogP contribution in [0.1, 0.15) is 39.5 Å². The SMILES string of the molecule is C=C(C)CC1(C)CCC([Si](C)(C)C)C1. The van der Waals surface area contributed by atoms with Gasteiger partial charge in [-0.05, 0) is 37.1 Å². The molecule has 0 heterocycles.